The van der Waals surface area contributed by atoms with Crippen molar-refractivity contribution in [2.45, 2.75) is 53.2 Å². The van der Waals surface area contributed by atoms with Crippen LogP contribution in [0.1, 0.15) is 53.1 Å². The maximum atomic E-state index is 12.0. The number of hydrogen-bond donors (Lipinski definition) is 1. The number of alkyl carbamates (subject to hydrolysis) is 1. The Kier molecular flexibility index (Phi) is 4.61. The molecule has 1 N–H and O–H groups in total. The van der Waals surface area contributed by atoms with Crippen molar-refractivity contribution in [1.29, 1.82) is 0 Å². The molecule has 0 radical (unpaired) electrons. The molecule has 106 valence electrons. The second-order valence-electron chi connectivity index (χ2n) is 6.86. The molecule has 0 saturated carbocycles. The fourth-order valence-corrected chi connectivity index (χ4v) is 1.87. The molecular formula is C16H25NO2. The highest BCUT2D eigenvalue weighted by atomic mass is 16.6. The summed E-state index contributed by atoms with van der Waals surface area (Å²) in [5.74, 6) is 0. The Morgan fingerprint density at radius 1 is 1.05 bits per heavy atom. The number of rotatable bonds is 2. The Bertz CT molecular complexity index is 413. The van der Waals surface area contributed by atoms with Crippen LogP contribution in [0.2, 0.25) is 0 Å². The molecule has 0 aliphatic rings. The first-order chi connectivity index (χ1) is 8.59. The molecule has 1 aromatic rings. The van der Waals surface area contributed by atoms with Crippen molar-refractivity contribution in [1.82, 2.24) is 5.32 Å². The summed E-state index contributed by atoms with van der Waals surface area (Å²) in [5, 5.41) is 2.97. The minimum absolute atomic E-state index is 0.0800. The van der Waals surface area contributed by atoms with E-state index < -0.39 is 5.60 Å². The van der Waals surface area contributed by atoms with Gasteiger partial charge in [-0.2, -0.15) is 0 Å². The van der Waals surface area contributed by atoms with Crippen LogP contribution in [-0.4, -0.2) is 11.7 Å². The first-order valence-electron chi connectivity index (χ1n) is 6.64. The molecule has 0 aliphatic heterocycles. The average molecular weight is 263 g/mol. The normalized spacial score (nSPS) is 13.8. The predicted octanol–water partition coefficient (Wildman–Crippen LogP) is 4.30. The van der Waals surface area contributed by atoms with Crippen LogP contribution in [0.25, 0.3) is 0 Å². The number of carbonyl (C=O) groups excluding carboxylic acids is 1. The van der Waals surface area contributed by atoms with Crippen molar-refractivity contribution >= 4 is 6.09 Å². The lowest BCUT2D eigenvalue weighted by molar-refractivity contribution is 0.0462. The minimum atomic E-state index is -0.483. The summed E-state index contributed by atoms with van der Waals surface area (Å²) in [7, 11) is 0. The number of carbonyl (C=O) groups is 1. The van der Waals surface area contributed by atoms with E-state index in [1.807, 2.05) is 51.1 Å². The van der Waals surface area contributed by atoms with E-state index >= 15 is 0 Å². The smallest absolute Gasteiger partial charge is 0.408 e. The summed E-state index contributed by atoms with van der Waals surface area (Å²) >= 11 is 0. The van der Waals surface area contributed by atoms with Gasteiger partial charge in [0.05, 0.1) is 6.04 Å². The maximum absolute atomic E-state index is 12.0. The summed E-state index contributed by atoms with van der Waals surface area (Å²) in [6, 6.07) is 9.89. The summed E-state index contributed by atoms with van der Waals surface area (Å²) in [4.78, 5) is 12.0. The van der Waals surface area contributed by atoms with Gasteiger partial charge in [-0.1, -0.05) is 51.1 Å². The zero-order valence-electron chi connectivity index (χ0n) is 12.8. The van der Waals surface area contributed by atoms with E-state index in [4.69, 9.17) is 4.74 Å². The Morgan fingerprint density at radius 2 is 1.58 bits per heavy atom. The van der Waals surface area contributed by atoms with Crippen LogP contribution in [0.15, 0.2) is 30.3 Å². The molecule has 0 heterocycles. The summed E-state index contributed by atoms with van der Waals surface area (Å²) in [6.45, 7) is 11.9. The van der Waals surface area contributed by atoms with E-state index in [1.165, 1.54) is 0 Å². The highest BCUT2D eigenvalue weighted by molar-refractivity contribution is 5.68. The van der Waals surface area contributed by atoms with E-state index in [-0.39, 0.29) is 17.6 Å². The fraction of sp³-hybridized carbons (Fsp3) is 0.562. The molecular weight excluding hydrogens is 238 g/mol. The molecule has 3 heteroatoms. The Balaban J connectivity index is 2.87. The lowest BCUT2D eigenvalue weighted by Crippen LogP contribution is -2.39. The summed E-state index contributed by atoms with van der Waals surface area (Å²) in [5.41, 5.74) is 0.516. The van der Waals surface area contributed by atoms with E-state index in [0.29, 0.717) is 0 Å². The molecule has 3 nitrogen and oxygen atoms in total. The van der Waals surface area contributed by atoms with Crippen molar-refractivity contribution in [2.24, 2.45) is 5.41 Å². The van der Waals surface area contributed by atoms with Gasteiger partial charge in [0.2, 0.25) is 0 Å². The predicted molar refractivity (Wildman–Crippen MR) is 78.0 cm³/mol. The second kappa shape index (κ2) is 5.64. The molecule has 1 rings (SSSR count). The SMILES string of the molecule is CC(C)(C)OC(=O)N[C@@H](c1ccccc1)C(C)(C)C. The van der Waals surface area contributed by atoms with Crippen LogP contribution in [0.5, 0.6) is 0 Å². The highest BCUT2D eigenvalue weighted by Crippen LogP contribution is 2.32. The number of benzene rings is 1. The third kappa shape index (κ3) is 5.33. The van der Waals surface area contributed by atoms with Gasteiger partial charge in [-0.25, -0.2) is 4.79 Å². The zero-order valence-corrected chi connectivity index (χ0v) is 12.8. The Labute approximate surface area is 116 Å². The number of hydrogen-bond acceptors (Lipinski definition) is 2. The van der Waals surface area contributed by atoms with Crippen molar-refractivity contribution in [3.8, 4) is 0 Å². The van der Waals surface area contributed by atoms with E-state index in [0.717, 1.165) is 5.56 Å². The molecule has 0 spiro atoms. The van der Waals surface area contributed by atoms with Crippen molar-refractivity contribution in [3.05, 3.63) is 35.9 Å². The van der Waals surface area contributed by atoms with E-state index in [1.54, 1.807) is 0 Å². The number of amides is 1. The topological polar surface area (TPSA) is 38.3 Å². The van der Waals surface area contributed by atoms with Gasteiger partial charge >= 0.3 is 6.09 Å². The average Bonchev–Trinajstić information content (AvgIpc) is 2.23. The van der Waals surface area contributed by atoms with Crippen LogP contribution in [0.3, 0.4) is 0 Å². The highest BCUT2D eigenvalue weighted by Gasteiger charge is 2.29. The van der Waals surface area contributed by atoms with Gasteiger partial charge in [-0.3, -0.25) is 0 Å². The largest absolute Gasteiger partial charge is 0.444 e. The van der Waals surface area contributed by atoms with Crippen LogP contribution in [-0.2, 0) is 4.74 Å². The standard InChI is InChI=1S/C16H25NO2/c1-15(2,3)13(12-10-8-7-9-11-12)17-14(18)19-16(4,5)6/h7-11,13H,1-6H3,(H,17,18)/t13-/m0/s1. The van der Waals surface area contributed by atoms with Gasteiger partial charge in [0, 0.05) is 0 Å². The van der Waals surface area contributed by atoms with Gasteiger partial charge in [-0.05, 0) is 31.7 Å². The molecule has 1 atom stereocenters. The second-order valence-corrected chi connectivity index (χ2v) is 6.86. The first-order valence-corrected chi connectivity index (χ1v) is 6.64. The van der Waals surface area contributed by atoms with Gasteiger partial charge in [0.25, 0.3) is 0 Å². The molecule has 0 aromatic heterocycles. The maximum Gasteiger partial charge on any atom is 0.408 e. The number of nitrogens with one attached hydrogen (secondary N) is 1. The van der Waals surface area contributed by atoms with E-state index in [2.05, 4.69) is 26.1 Å². The van der Waals surface area contributed by atoms with Gasteiger partial charge in [0.1, 0.15) is 5.60 Å². The lowest BCUT2D eigenvalue weighted by Gasteiger charge is -2.32. The van der Waals surface area contributed by atoms with Crippen molar-refractivity contribution < 1.29 is 9.53 Å². The van der Waals surface area contributed by atoms with E-state index in [9.17, 15) is 4.79 Å². The minimum Gasteiger partial charge on any atom is -0.444 e. The summed E-state index contributed by atoms with van der Waals surface area (Å²) < 4.78 is 5.33. The molecule has 19 heavy (non-hydrogen) atoms. The Hall–Kier alpha value is -1.51. The van der Waals surface area contributed by atoms with Crippen LogP contribution in [0, 0.1) is 5.41 Å². The molecule has 1 amide bonds. The first kappa shape index (κ1) is 15.5. The molecule has 0 unspecified atom stereocenters. The molecule has 0 fully saturated rings. The Morgan fingerprint density at radius 3 is 2.00 bits per heavy atom. The van der Waals surface area contributed by atoms with Crippen molar-refractivity contribution in [3.63, 3.8) is 0 Å². The summed E-state index contributed by atoms with van der Waals surface area (Å²) in [6.07, 6.45) is -0.378. The third-order valence-corrected chi connectivity index (χ3v) is 2.66. The molecule has 1 aromatic carbocycles. The quantitative estimate of drug-likeness (QED) is 0.864. The fourth-order valence-electron chi connectivity index (χ4n) is 1.87. The van der Waals surface area contributed by atoms with Crippen molar-refractivity contribution in [2.75, 3.05) is 0 Å². The van der Waals surface area contributed by atoms with Crippen LogP contribution in [0.4, 0.5) is 4.79 Å². The molecule has 0 bridgehead atoms. The zero-order chi connectivity index (χ0) is 14.7. The monoisotopic (exact) mass is 263 g/mol. The molecule has 0 saturated heterocycles. The van der Waals surface area contributed by atoms with Crippen LogP contribution < -0.4 is 5.32 Å². The van der Waals surface area contributed by atoms with Gasteiger partial charge < -0.3 is 10.1 Å². The van der Waals surface area contributed by atoms with Gasteiger partial charge in [0.15, 0.2) is 0 Å². The third-order valence-electron chi connectivity index (χ3n) is 2.66. The van der Waals surface area contributed by atoms with Gasteiger partial charge in [-0.15, -0.1) is 0 Å². The number of ether oxygens (including phenoxy) is 1. The lowest BCUT2D eigenvalue weighted by atomic mass is 9.82. The molecule has 0 aliphatic carbocycles. The van der Waals surface area contributed by atoms with Crippen LogP contribution >= 0.6 is 0 Å².